The lowest BCUT2D eigenvalue weighted by Crippen LogP contribution is -2.43. The molecule has 0 saturated carbocycles. The Morgan fingerprint density at radius 3 is 2.35 bits per heavy atom. The molecule has 0 aromatic heterocycles. The first-order valence-electron chi connectivity index (χ1n) is 8.73. The molecule has 1 aliphatic heterocycles. The van der Waals surface area contributed by atoms with E-state index < -0.39 is 0 Å². The lowest BCUT2D eigenvalue weighted by Gasteiger charge is -2.30. The zero-order valence-corrected chi connectivity index (χ0v) is 14.0. The molecule has 1 N–H and O–H groups in total. The van der Waals surface area contributed by atoms with Crippen molar-refractivity contribution in [3.8, 4) is 0 Å². The molecule has 0 radical (unpaired) electrons. The maximum atomic E-state index is 12.6. The van der Waals surface area contributed by atoms with Crippen LogP contribution in [-0.4, -0.2) is 29.1 Å². The highest BCUT2D eigenvalue weighted by molar-refractivity contribution is 5.84. The second-order valence-corrected chi connectivity index (χ2v) is 6.26. The molecule has 0 aliphatic carbocycles. The maximum Gasteiger partial charge on any atom is 0.241 e. The Balaban J connectivity index is 2.55. The van der Waals surface area contributed by atoms with E-state index in [-0.39, 0.29) is 12.2 Å². The van der Waals surface area contributed by atoms with Gasteiger partial charge >= 0.3 is 0 Å². The van der Waals surface area contributed by atoms with Gasteiger partial charge in [-0.25, -0.2) is 0 Å². The lowest BCUT2D eigenvalue weighted by molar-refractivity contribution is -0.132. The van der Waals surface area contributed by atoms with Gasteiger partial charge in [0.05, 0.1) is 12.2 Å². The number of nitrogens with one attached hydrogen (secondary N) is 1. The van der Waals surface area contributed by atoms with Crippen molar-refractivity contribution < 1.29 is 4.79 Å². The van der Waals surface area contributed by atoms with Gasteiger partial charge in [-0.3, -0.25) is 10.1 Å². The van der Waals surface area contributed by atoms with Gasteiger partial charge in [-0.2, -0.15) is 0 Å². The van der Waals surface area contributed by atoms with Crippen molar-refractivity contribution in [2.45, 2.75) is 104 Å². The number of unbranched alkanes of at least 4 members (excludes halogenated alkanes) is 3. The first-order valence-corrected chi connectivity index (χ1v) is 8.73. The molecule has 1 aliphatic rings. The van der Waals surface area contributed by atoms with E-state index in [2.05, 4.69) is 37.9 Å². The summed E-state index contributed by atoms with van der Waals surface area (Å²) in [5, 5.41) is 3.55. The summed E-state index contributed by atoms with van der Waals surface area (Å²) < 4.78 is 0. The molecule has 3 unspecified atom stereocenters. The molecule has 0 aromatic rings. The van der Waals surface area contributed by atoms with Gasteiger partial charge in [0.1, 0.15) is 0 Å². The van der Waals surface area contributed by atoms with E-state index in [9.17, 15) is 4.79 Å². The Bertz CT molecular complexity index is 280. The van der Waals surface area contributed by atoms with Crippen molar-refractivity contribution in [3.63, 3.8) is 0 Å². The molecule has 20 heavy (non-hydrogen) atoms. The molecule has 118 valence electrons. The molecule has 3 atom stereocenters. The van der Waals surface area contributed by atoms with Crippen LogP contribution in [0.4, 0.5) is 0 Å². The summed E-state index contributed by atoms with van der Waals surface area (Å²) in [6.45, 7) is 8.82. The zero-order chi connectivity index (χ0) is 15.0. The first kappa shape index (κ1) is 17.5. The molecule has 1 heterocycles. The quantitative estimate of drug-likeness (QED) is 0.613. The fraction of sp³-hybridized carbons (Fsp3) is 0.941. The summed E-state index contributed by atoms with van der Waals surface area (Å²) in [5.41, 5.74) is 0. The minimum Gasteiger partial charge on any atom is -0.323 e. The number of hydrogen-bond donors (Lipinski definition) is 1. The van der Waals surface area contributed by atoms with Gasteiger partial charge in [0, 0.05) is 6.04 Å². The first-order chi connectivity index (χ1) is 9.65. The SMILES string of the molecule is CCCCCCC(C)N1C(=O)C(CCC)NC1CCC. The molecule has 3 nitrogen and oxygen atoms in total. The third-order valence-electron chi connectivity index (χ3n) is 4.37. The zero-order valence-electron chi connectivity index (χ0n) is 14.0. The Kier molecular flexibility index (Phi) is 8.20. The van der Waals surface area contributed by atoms with E-state index in [1.165, 1.54) is 25.7 Å². The van der Waals surface area contributed by atoms with E-state index in [0.29, 0.717) is 11.9 Å². The minimum absolute atomic E-state index is 0.0645. The maximum absolute atomic E-state index is 12.6. The standard InChI is InChI=1S/C17H34N2O/c1-5-8-9-10-13-14(4)19-16(12-7-3)18-15(11-6-2)17(19)20/h14-16,18H,5-13H2,1-4H3. The average molecular weight is 282 g/mol. The lowest BCUT2D eigenvalue weighted by atomic mass is 10.1. The van der Waals surface area contributed by atoms with Crippen molar-refractivity contribution >= 4 is 5.91 Å². The van der Waals surface area contributed by atoms with E-state index in [0.717, 1.165) is 32.1 Å². The molecule has 1 amide bonds. The summed E-state index contributed by atoms with van der Waals surface area (Å²) in [4.78, 5) is 14.7. The van der Waals surface area contributed by atoms with Gasteiger partial charge in [-0.1, -0.05) is 59.3 Å². The van der Waals surface area contributed by atoms with Crippen molar-refractivity contribution in [1.82, 2.24) is 10.2 Å². The second kappa shape index (κ2) is 9.38. The van der Waals surface area contributed by atoms with Gasteiger partial charge in [-0.15, -0.1) is 0 Å². The van der Waals surface area contributed by atoms with E-state index in [1.807, 2.05) is 0 Å². The molecule has 0 aromatic carbocycles. The predicted molar refractivity (Wildman–Crippen MR) is 85.6 cm³/mol. The highest BCUT2D eigenvalue weighted by Gasteiger charge is 2.39. The average Bonchev–Trinajstić information content (AvgIpc) is 2.72. The van der Waals surface area contributed by atoms with Gasteiger partial charge in [0.2, 0.25) is 5.91 Å². The molecular weight excluding hydrogens is 248 g/mol. The predicted octanol–water partition coefficient (Wildman–Crippen LogP) is 4.07. The van der Waals surface area contributed by atoms with Crippen LogP contribution in [0.1, 0.15) is 85.5 Å². The Labute approximate surface area is 125 Å². The smallest absolute Gasteiger partial charge is 0.241 e. The van der Waals surface area contributed by atoms with Gasteiger partial charge in [0.15, 0.2) is 0 Å². The molecular formula is C17H34N2O. The van der Waals surface area contributed by atoms with E-state index in [4.69, 9.17) is 0 Å². The fourth-order valence-corrected chi connectivity index (χ4v) is 3.24. The monoisotopic (exact) mass is 282 g/mol. The fourth-order valence-electron chi connectivity index (χ4n) is 3.24. The molecule has 0 spiro atoms. The van der Waals surface area contributed by atoms with Gasteiger partial charge in [0.25, 0.3) is 0 Å². The van der Waals surface area contributed by atoms with Gasteiger partial charge in [-0.05, 0) is 26.2 Å². The minimum atomic E-state index is 0.0645. The molecule has 1 fully saturated rings. The Morgan fingerprint density at radius 1 is 1.05 bits per heavy atom. The summed E-state index contributed by atoms with van der Waals surface area (Å²) in [6, 6.07) is 0.444. The normalized spacial score (nSPS) is 24.4. The van der Waals surface area contributed by atoms with Crippen LogP contribution < -0.4 is 5.32 Å². The van der Waals surface area contributed by atoms with Crippen LogP contribution in [0.25, 0.3) is 0 Å². The topological polar surface area (TPSA) is 32.3 Å². The highest BCUT2D eigenvalue weighted by Crippen LogP contribution is 2.23. The van der Waals surface area contributed by atoms with Crippen molar-refractivity contribution in [2.75, 3.05) is 0 Å². The molecule has 0 bridgehead atoms. The number of carbonyl (C=O) groups excluding carboxylic acids is 1. The third kappa shape index (κ3) is 4.76. The van der Waals surface area contributed by atoms with Crippen LogP contribution in [0.2, 0.25) is 0 Å². The number of amides is 1. The summed E-state index contributed by atoms with van der Waals surface area (Å²) in [7, 11) is 0. The van der Waals surface area contributed by atoms with E-state index >= 15 is 0 Å². The summed E-state index contributed by atoms with van der Waals surface area (Å²) in [6.07, 6.45) is 10.8. The molecule has 1 rings (SSSR count). The third-order valence-corrected chi connectivity index (χ3v) is 4.37. The van der Waals surface area contributed by atoms with Crippen molar-refractivity contribution in [1.29, 1.82) is 0 Å². The number of carbonyl (C=O) groups is 1. The molecule has 1 saturated heterocycles. The molecule has 3 heteroatoms. The number of hydrogen-bond acceptors (Lipinski definition) is 2. The summed E-state index contributed by atoms with van der Waals surface area (Å²) in [5.74, 6) is 0.341. The van der Waals surface area contributed by atoms with Crippen LogP contribution in [-0.2, 0) is 4.79 Å². The van der Waals surface area contributed by atoms with E-state index in [1.54, 1.807) is 0 Å². The summed E-state index contributed by atoms with van der Waals surface area (Å²) >= 11 is 0. The van der Waals surface area contributed by atoms with Crippen molar-refractivity contribution in [3.05, 3.63) is 0 Å². The highest BCUT2D eigenvalue weighted by atomic mass is 16.2. The number of rotatable bonds is 10. The number of nitrogens with zero attached hydrogens (tertiary/aromatic N) is 1. The van der Waals surface area contributed by atoms with Crippen LogP contribution in [0.5, 0.6) is 0 Å². The Hall–Kier alpha value is -0.570. The Morgan fingerprint density at radius 2 is 1.75 bits per heavy atom. The van der Waals surface area contributed by atoms with Crippen molar-refractivity contribution in [2.24, 2.45) is 0 Å². The van der Waals surface area contributed by atoms with Crippen LogP contribution in [0.15, 0.2) is 0 Å². The van der Waals surface area contributed by atoms with Crippen LogP contribution in [0, 0.1) is 0 Å². The van der Waals surface area contributed by atoms with Crippen LogP contribution in [0.3, 0.4) is 0 Å². The largest absolute Gasteiger partial charge is 0.323 e. The second-order valence-electron chi connectivity index (χ2n) is 6.26. The van der Waals surface area contributed by atoms with Crippen LogP contribution >= 0.6 is 0 Å². The van der Waals surface area contributed by atoms with Gasteiger partial charge < -0.3 is 4.90 Å².